The smallest absolute Gasteiger partial charge is 0.138 e. The van der Waals surface area contributed by atoms with Crippen molar-refractivity contribution in [1.82, 2.24) is 5.32 Å². The Morgan fingerprint density at radius 3 is 2.46 bits per heavy atom. The quantitative estimate of drug-likeness (QED) is 0.613. The summed E-state index contributed by atoms with van der Waals surface area (Å²) in [5, 5.41) is 3.13. The number of hydrogen-bond donors (Lipinski definition) is 1. The van der Waals surface area contributed by atoms with Crippen molar-refractivity contribution in [3.8, 4) is 0 Å². The van der Waals surface area contributed by atoms with Crippen LogP contribution in [0.4, 0.5) is 0 Å². The molecular weight excluding hydrogens is 162 g/mol. The van der Waals surface area contributed by atoms with E-state index >= 15 is 0 Å². The van der Waals surface area contributed by atoms with E-state index in [1.807, 2.05) is 0 Å². The summed E-state index contributed by atoms with van der Waals surface area (Å²) in [6.07, 6.45) is 7.05. The lowest BCUT2D eigenvalue weighted by Gasteiger charge is -2.25. The maximum absolute atomic E-state index is 11.4. The van der Waals surface area contributed by atoms with Gasteiger partial charge in [0, 0.05) is 25.4 Å². The fourth-order valence-corrected chi connectivity index (χ4v) is 1.62. The van der Waals surface area contributed by atoms with Gasteiger partial charge >= 0.3 is 0 Å². The van der Waals surface area contributed by atoms with Gasteiger partial charge in [0.05, 0.1) is 0 Å². The summed E-state index contributed by atoms with van der Waals surface area (Å²) in [6, 6.07) is 0. The van der Waals surface area contributed by atoms with Crippen LogP contribution >= 0.6 is 0 Å². The standard InChI is InChI=1S/C11H21NO/c1-2-3-4-5-6-7-11(13)10-8-12-9-10/h10,12H,2-9H2,1H3. The van der Waals surface area contributed by atoms with E-state index in [0.29, 0.717) is 11.7 Å². The van der Waals surface area contributed by atoms with Gasteiger partial charge in [-0.1, -0.05) is 32.6 Å². The van der Waals surface area contributed by atoms with Gasteiger partial charge in [0.2, 0.25) is 0 Å². The molecule has 0 spiro atoms. The van der Waals surface area contributed by atoms with Gasteiger partial charge in [-0.25, -0.2) is 0 Å². The van der Waals surface area contributed by atoms with Gasteiger partial charge in [0.15, 0.2) is 0 Å². The van der Waals surface area contributed by atoms with Crippen molar-refractivity contribution in [3.05, 3.63) is 0 Å². The molecule has 0 aliphatic carbocycles. The first-order chi connectivity index (χ1) is 6.34. The Balaban J connectivity index is 1.89. The van der Waals surface area contributed by atoms with Crippen LogP contribution in [0.3, 0.4) is 0 Å². The van der Waals surface area contributed by atoms with E-state index in [-0.39, 0.29) is 0 Å². The normalized spacial score (nSPS) is 17.0. The number of ketones is 1. The van der Waals surface area contributed by atoms with Crippen LogP contribution in [0.25, 0.3) is 0 Å². The topological polar surface area (TPSA) is 29.1 Å². The summed E-state index contributed by atoms with van der Waals surface area (Å²) in [4.78, 5) is 11.4. The van der Waals surface area contributed by atoms with E-state index in [1.165, 1.54) is 25.7 Å². The van der Waals surface area contributed by atoms with E-state index in [4.69, 9.17) is 0 Å². The molecule has 0 bridgehead atoms. The summed E-state index contributed by atoms with van der Waals surface area (Å²) in [7, 11) is 0. The second-order valence-corrected chi connectivity index (χ2v) is 3.99. The molecule has 0 saturated carbocycles. The highest BCUT2D eigenvalue weighted by Crippen LogP contribution is 2.11. The van der Waals surface area contributed by atoms with Gasteiger partial charge in [-0.15, -0.1) is 0 Å². The van der Waals surface area contributed by atoms with Crippen molar-refractivity contribution in [2.45, 2.75) is 45.4 Å². The molecule has 0 unspecified atom stereocenters. The monoisotopic (exact) mass is 183 g/mol. The van der Waals surface area contributed by atoms with Crippen molar-refractivity contribution in [3.63, 3.8) is 0 Å². The minimum atomic E-state index is 0.353. The van der Waals surface area contributed by atoms with Crippen LogP contribution in [0, 0.1) is 5.92 Å². The molecule has 1 N–H and O–H groups in total. The third kappa shape index (κ3) is 3.90. The molecule has 76 valence electrons. The molecule has 0 aromatic heterocycles. The molecule has 1 aliphatic heterocycles. The Morgan fingerprint density at radius 1 is 1.23 bits per heavy atom. The fourth-order valence-electron chi connectivity index (χ4n) is 1.62. The average Bonchev–Trinajstić information content (AvgIpc) is 2.01. The van der Waals surface area contributed by atoms with Gasteiger partial charge in [-0.2, -0.15) is 0 Å². The molecule has 0 aromatic carbocycles. The molecule has 1 saturated heterocycles. The Labute approximate surface area is 81.1 Å². The van der Waals surface area contributed by atoms with Crippen molar-refractivity contribution in [2.24, 2.45) is 5.92 Å². The zero-order valence-corrected chi connectivity index (χ0v) is 8.64. The minimum Gasteiger partial charge on any atom is -0.315 e. The molecule has 0 atom stereocenters. The third-order valence-corrected chi connectivity index (χ3v) is 2.76. The van der Waals surface area contributed by atoms with Crippen LogP contribution in [-0.2, 0) is 4.79 Å². The van der Waals surface area contributed by atoms with Gasteiger partial charge < -0.3 is 5.32 Å². The highest BCUT2D eigenvalue weighted by atomic mass is 16.1. The van der Waals surface area contributed by atoms with Crippen molar-refractivity contribution >= 4 is 5.78 Å². The predicted octanol–water partition coefficient (Wildman–Crippen LogP) is 2.14. The van der Waals surface area contributed by atoms with Crippen molar-refractivity contribution in [1.29, 1.82) is 0 Å². The summed E-state index contributed by atoms with van der Waals surface area (Å²) < 4.78 is 0. The zero-order chi connectivity index (χ0) is 9.52. The highest BCUT2D eigenvalue weighted by Gasteiger charge is 2.23. The highest BCUT2D eigenvalue weighted by molar-refractivity contribution is 5.82. The zero-order valence-electron chi connectivity index (χ0n) is 8.64. The van der Waals surface area contributed by atoms with E-state index in [2.05, 4.69) is 12.2 Å². The molecule has 13 heavy (non-hydrogen) atoms. The van der Waals surface area contributed by atoms with Crippen molar-refractivity contribution < 1.29 is 4.79 Å². The second kappa shape index (κ2) is 6.14. The fraction of sp³-hybridized carbons (Fsp3) is 0.909. The van der Waals surface area contributed by atoms with E-state index in [0.717, 1.165) is 25.9 Å². The Kier molecular flexibility index (Phi) is 5.06. The van der Waals surface area contributed by atoms with E-state index < -0.39 is 0 Å². The Morgan fingerprint density at radius 2 is 1.92 bits per heavy atom. The molecule has 2 nitrogen and oxygen atoms in total. The third-order valence-electron chi connectivity index (χ3n) is 2.76. The predicted molar refractivity (Wildman–Crippen MR) is 54.7 cm³/mol. The second-order valence-electron chi connectivity index (χ2n) is 3.99. The van der Waals surface area contributed by atoms with Gasteiger partial charge in [0.25, 0.3) is 0 Å². The number of carbonyl (C=O) groups excluding carboxylic acids is 1. The minimum absolute atomic E-state index is 0.353. The number of nitrogens with one attached hydrogen (secondary N) is 1. The Bertz CT molecular complexity index is 152. The van der Waals surface area contributed by atoms with E-state index in [9.17, 15) is 4.79 Å². The van der Waals surface area contributed by atoms with Crippen LogP contribution in [0.2, 0.25) is 0 Å². The lowest BCUT2D eigenvalue weighted by atomic mass is 9.94. The molecule has 1 fully saturated rings. The van der Waals surface area contributed by atoms with Crippen LogP contribution in [0.15, 0.2) is 0 Å². The SMILES string of the molecule is CCCCCCCC(=O)C1CNC1. The van der Waals surface area contributed by atoms with E-state index in [1.54, 1.807) is 0 Å². The Hall–Kier alpha value is -0.370. The lowest BCUT2D eigenvalue weighted by Crippen LogP contribution is -2.46. The molecule has 0 aromatic rings. The average molecular weight is 183 g/mol. The molecule has 0 amide bonds. The first-order valence-electron chi connectivity index (χ1n) is 5.58. The molecular formula is C11H21NO. The first kappa shape index (κ1) is 10.7. The number of carbonyl (C=O) groups is 1. The number of hydrogen-bond acceptors (Lipinski definition) is 2. The summed E-state index contributed by atoms with van der Waals surface area (Å²) in [6.45, 7) is 4.06. The number of unbranched alkanes of at least 4 members (excludes halogenated alkanes) is 4. The van der Waals surface area contributed by atoms with Gasteiger partial charge in [-0.05, 0) is 6.42 Å². The van der Waals surface area contributed by atoms with Crippen LogP contribution in [0.1, 0.15) is 45.4 Å². The number of rotatable bonds is 7. The molecule has 2 heteroatoms. The molecule has 1 heterocycles. The molecule has 1 aliphatic rings. The summed E-state index contributed by atoms with van der Waals surface area (Å²) >= 11 is 0. The molecule has 0 radical (unpaired) electrons. The maximum Gasteiger partial charge on any atom is 0.138 e. The van der Waals surface area contributed by atoms with Gasteiger partial charge in [-0.3, -0.25) is 4.79 Å². The van der Waals surface area contributed by atoms with Crippen LogP contribution < -0.4 is 5.32 Å². The first-order valence-corrected chi connectivity index (χ1v) is 5.58. The maximum atomic E-state index is 11.4. The van der Waals surface area contributed by atoms with Gasteiger partial charge in [0.1, 0.15) is 5.78 Å². The van der Waals surface area contributed by atoms with Crippen LogP contribution in [-0.4, -0.2) is 18.9 Å². The lowest BCUT2D eigenvalue weighted by molar-refractivity contribution is -0.124. The molecule has 1 rings (SSSR count). The van der Waals surface area contributed by atoms with Crippen LogP contribution in [0.5, 0.6) is 0 Å². The number of Topliss-reactive ketones (excluding diaryl/α,β-unsaturated/α-hetero) is 1. The van der Waals surface area contributed by atoms with Crippen molar-refractivity contribution in [2.75, 3.05) is 13.1 Å². The summed E-state index contributed by atoms with van der Waals surface area (Å²) in [5.41, 5.74) is 0. The largest absolute Gasteiger partial charge is 0.315 e. The summed E-state index contributed by atoms with van der Waals surface area (Å²) in [5.74, 6) is 0.835.